The number of nitrogens with zero attached hydrogens (tertiary/aromatic N) is 2. The van der Waals surface area contributed by atoms with Gasteiger partial charge in [0.1, 0.15) is 5.75 Å². The standard InChI is InChI=1S/C24H27F3N2O2/c1-22(2,3)15-11-14(12-16(20(15)31)23(4,5)6)19(30)13-29-18-10-8-7-9-17(18)28-21(29)24(25,26)27/h7-12,31H,13H2,1-6H3. The monoisotopic (exact) mass is 432 g/mol. The van der Waals surface area contributed by atoms with E-state index < -0.39 is 35.2 Å². The summed E-state index contributed by atoms with van der Waals surface area (Å²) in [5.74, 6) is -1.47. The fourth-order valence-corrected chi connectivity index (χ4v) is 3.63. The number of carbonyl (C=O) groups is 1. The molecule has 0 amide bonds. The first-order valence-corrected chi connectivity index (χ1v) is 10.0. The van der Waals surface area contributed by atoms with Crippen LogP contribution in [-0.4, -0.2) is 20.4 Å². The average Bonchev–Trinajstić information content (AvgIpc) is 2.99. The number of hydrogen-bond acceptors (Lipinski definition) is 3. The summed E-state index contributed by atoms with van der Waals surface area (Å²) in [5, 5.41) is 10.8. The molecule has 0 aliphatic carbocycles. The molecule has 0 radical (unpaired) electrons. The summed E-state index contributed by atoms with van der Waals surface area (Å²) in [6, 6.07) is 9.39. The first-order chi connectivity index (χ1) is 14.1. The van der Waals surface area contributed by atoms with Crippen molar-refractivity contribution in [3.8, 4) is 5.75 Å². The zero-order chi connectivity index (χ0) is 23.4. The van der Waals surface area contributed by atoms with Crippen molar-refractivity contribution < 1.29 is 23.1 Å². The molecule has 3 aromatic rings. The van der Waals surface area contributed by atoms with E-state index in [4.69, 9.17) is 0 Å². The number of halogens is 3. The minimum Gasteiger partial charge on any atom is -0.507 e. The van der Waals surface area contributed by atoms with Gasteiger partial charge >= 0.3 is 6.18 Å². The summed E-state index contributed by atoms with van der Waals surface area (Å²) < 4.78 is 41.7. The molecule has 0 atom stereocenters. The van der Waals surface area contributed by atoms with Crippen LogP contribution in [0.15, 0.2) is 36.4 Å². The number of benzene rings is 2. The van der Waals surface area contributed by atoms with Crippen LogP contribution in [0, 0.1) is 0 Å². The van der Waals surface area contributed by atoms with Crippen LogP contribution >= 0.6 is 0 Å². The largest absolute Gasteiger partial charge is 0.507 e. The highest BCUT2D eigenvalue weighted by Gasteiger charge is 2.38. The summed E-state index contributed by atoms with van der Waals surface area (Å²) in [4.78, 5) is 16.9. The van der Waals surface area contributed by atoms with Gasteiger partial charge < -0.3 is 9.67 Å². The van der Waals surface area contributed by atoms with E-state index in [1.54, 1.807) is 24.3 Å². The fraction of sp³-hybridized carbons (Fsp3) is 0.417. The lowest BCUT2D eigenvalue weighted by Gasteiger charge is -2.28. The first kappa shape index (κ1) is 22.8. The SMILES string of the molecule is CC(C)(C)c1cc(C(=O)Cn2c(C(F)(F)F)nc3ccccc32)cc(C(C)(C)C)c1O. The Kier molecular flexibility index (Phi) is 5.45. The second-order valence-electron chi connectivity index (χ2n) is 9.85. The Morgan fingerprint density at radius 3 is 1.97 bits per heavy atom. The van der Waals surface area contributed by atoms with Crippen LogP contribution in [0.5, 0.6) is 5.75 Å². The van der Waals surface area contributed by atoms with Gasteiger partial charge in [-0.25, -0.2) is 4.98 Å². The van der Waals surface area contributed by atoms with Crippen molar-refractivity contribution in [1.82, 2.24) is 9.55 Å². The second-order valence-corrected chi connectivity index (χ2v) is 9.85. The van der Waals surface area contributed by atoms with Crippen LogP contribution < -0.4 is 0 Å². The quantitative estimate of drug-likeness (QED) is 0.499. The van der Waals surface area contributed by atoms with Crippen molar-refractivity contribution in [2.75, 3.05) is 0 Å². The van der Waals surface area contributed by atoms with Gasteiger partial charge in [-0.05, 0) is 35.1 Å². The van der Waals surface area contributed by atoms with Crippen LogP contribution in [-0.2, 0) is 23.6 Å². The van der Waals surface area contributed by atoms with E-state index in [0.717, 1.165) is 4.57 Å². The molecule has 3 rings (SSSR count). The van der Waals surface area contributed by atoms with E-state index in [0.29, 0.717) is 11.1 Å². The van der Waals surface area contributed by atoms with Gasteiger partial charge in [0, 0.05) is 16.7 Å². The molecule has 0 aliphatic rings. The Bertz CT molecular complexity index is 1110. The average molecular weight is 432 g/mol. The van der Waals surface area contributed by atoms with Gasteiger partial charge in [-0.3, -0.25) is 4.79 Å². The maximum Gasteiger partial charge on any atom is 0.449 e. The Labute approximate surface area is 179 Å². The molecule has 0 aliphatic heterocycles. The molecule has 0 saturated heterocycles. The summed E-state index contributed by atoms with van der Waals surface area (Å²) in [6.45, 7) is 11.0. The molecule has 1 heterocycles. The molecular weight excluding hydrogens is 405 g/mol. The van der Waals surface area contributed by atoms with E-state index in [9.17, 15) is 23.1 Å². The number of Topliss-reactive ketones (excluding diaryl/α,β-unsaturated/α-hetero) is 1. The normalized spacial score (nSPS) is 13.1. The van der Waals surface area contributed by atoms with Gasteiger partial charge in [0.2, 0.25) is 5.82 Å². The third-order valence-corrected chi connectivity index (χ3v) is 5.26. The highest BCUT2D eigenvalue weighted by atomic mass is 19.4. The molecule has 0 fully saturated rings. The number of alkyl halides is 3. The molecule has 31 heavy (non-hydrogen) atoms. The molecule has 2 aromatic carbocycles. The van der Waals surface area contributed by atoms with Crippen molar-refractivity contribution in [2.24, 2.45) is 0 Å². The van der Waals surface area contributed by atoms with Gasteiger partial charge in [-0.2, -0.15) is 13.2 Å². The van der Waals surface area contributed by atoms with Crippen LogP contribution in [0.4, 0.5) is 13.2 Å². The number of hydrogen-bond donors (Lipinski definition) is 1. The molecular formula is C24H27F3N2O2. The van der Waals surface area contributed by atoms with Crippen molar-refractivity contribution in [1.29, 1.82) is 0 Å². The third-order valence-electron chi connectivity index (χ3n) is 5.26. The minimum absolute atomic E-state index is 0.112. The number of aromatic nitrogens is 2. The van der Waals surface area contributed by atoms with Gasteiger partial charge in [0.05, 0.1) is 17.6 Å². The molecule has 0 spiro atoms. The van der Waals surface area contributed by atoms with Gasteiger partial charge in [0.25, 0.3) is 0 Å². The number of phenolic OH excluding ortho intramolecular Hbond substituents is 1. The summed E-state index contributed by atoms with van der Waals surface area (Å²) in [7, 11) is 0. The first-order valence-electron chi connectivity index (χ1n) is 10.0. The highest BCUT2D eigenvalue weighted by Crippen LogP contribution is 2.40. The zero-order valence-corrected chi connectivity index (χ0v) is 18.6. The van der Waals surface area contributed by atoms with E-state index in [1.165, 1.54) is 12.1 Å². The Morgan fingerprint density at radius 2 is 1.48 bits per heavy atom. The van der Waals surface area contributed by atoms with Crippen LogP contribution in [0.25, 0.3) is 11.0 Å². The predicted octanol–water partition coefficient (Wildman–Crippen LogP) is 6.24. The number of ketones is 1. The summed E-state index contributed by atoms with van der Waals surface area (Å²) >= 11 is 0. The minimum atomic E-state index is -4.69. The molecule has 0 unspecified atom stereocenters. The highest BCUT2D eigenvalue weighted by molar-refractivity contribution is 5.97. The second kappa shape index (κ2) is 7.39. The van der Waals surface area contributed by atoms with Gasteiger partial charge in [0.15, 0.2) is 5.78 Å². The zero-order valence-electron chi connectivity index (χ0n) is 18.6. The molecule has 166 valence electrons. The van der Waals surface area contributed by atoms with Crippen molar-refractivity contribution in [3.63, 3.8) is 0 Å². The topological polar surface area (TPSA) is 55.1 Å². The Balaban J connectivity index is 2.16. The number of carbonyl (C=O) groups excluding carboxylic acids is 1. The number of aromatic hydroxyl groups is 1. The Morgan fingerprint density at radius 1 is 0.968 bits per heavy atom. The maximum atomic E-state index is 13.6. The van der Waals surface area contributed by atoms with Crippen molar-refractivity contribution in [2.45, 2.75) is 65.1 Å². The predicted molar refractivity (Wildman–Crippen MR) is 115 cm³/mol. The molecule has 4 nitrogen and oxygen atoms in total. The van der Waals surface area contributed by atoms with E-state index >= 15 is 0 Å². The van der Waals surface area contributed by atoms with E-state index in [1.807, 2.05) is 41.5 Å². The summed E-state index contributed by atoms with van der Waals surface area (Å²) in [6.07, 6.45) is -4.69. The van der Waals surface area contributed by atoms with E-state index in [-0.39, 0.29) is 22.3 Å². The molecule has 7 heteroatoms. The fourth-order valence-electron chi connectivity index (χ4n) is 3.63. The number of para-hydroxylation sites is 2. The smallest absolute Gasteiger partial charge is 0.449 e. The molecule has 0 saturated carbocycles. The third kappa shape index (κ3) is 4.45. The summed E-state index contributed by atoms with van der Waals surface area (Å²) in [5.41, 5.74) is 0.926. The lowest BCUT2D eigenvalue weighted by molar-refractivity contribution is -0.146. The van der Waals surface area contributed by atoms with E-state index in [2.05, 4.69) is 4.98 Å². The maximum absolute atomic E-state index is 13.6. The number of rotatable bonds is 3. The van der Waals surface area contributed by atoms with Crippen LogP contribution in [0.2, 0.25) is 0 Å². The lowest BCUT2D eigenvalue weighted by atomic mass is 9.78. The van der Waals surface area contributed by atoms with Crippen LogP contribution in [0.1, 0.15) is 68.9 Å². The van der Waals surface area contributed by atoms with Gasteiger partial charge in [-0.15, -0.1) is 0 Å². The van der Waals surface area contributed by atoms with Crippen molar-refractivity contribution >= 4 is 16.8 Å². The molecule has 1 aromatic heterocycles. The van der Waals surface area contributed by atoms with Crippen LogP contribution in [0.3, 0.4) is 0 Å². The lowest BCUT2D eigenvalue weighted by Crippen LogP contribution is -2.22. The molecule has 1 N–H and O–H groups in total. The number of fused-ring (bicyclic) bond motifs is 1. The Hall–Kier alpha value is -2.83. The number of imidazole rings is 1. The molecule has 0 bridgehead atoms. The van der Waals surface area contributed by atoms with Gasteiger partial charge in [-0.1, -0.05) is 53.7 Å². The number of phenols is 1. The van der Waals surface area contributed by atoms with Crippen molar-refractivity contribution in [3.05, 3.63) is 58.9 Å².